The van der Waals surface area contributed by atoms with Gasteiger partial charge in [-0.15, -0.1) is 0 Å². The molecule has 1 atom stereocenters. The second-order valence-electron chi connectivity index (χ2n) is 3.14. The second kappa shape index (κ2) is 4.61. The Morgan fingerprint density at radius 1 is 1.67 bits per heavy atom. The number of rotatable bonds is 4. The maximum Gasteiger partial charge on any atom is 0.295 e. The van der Waals surface area contributed by atoms with Crippen LogP contribution in [0.1, 0.15) is 6.92 Å². The Balaban J connectivity index is 2.83. The molecule has 0 aromatic heterocycles. The summed E-state index contributed by atoms with van der Waals surface area (Å²) >= 11 is 0. The molecule has 0 saturated carbocycles. The summed E-state index contributed by atoms with van der Waals surface area (Å²) < 4.78 is 5.10. The van der Waals surface area contributed by atoms with Crippen molar-refractivity contribution in [2.45, 2.75) is 13.0 Å². The van der Waals surface area contributed by atoms with Crippen molar-refractivity contribution in [2.75, 3.05) is 12.3 Å². The molecule has 1 aromatic carbocycles. The van der Waals surface area contributed by atoms with Gasteiger partial charge in [0.05, 0.1) is 17.1 Å². The summed E-state index contributed by atoms with van der Waals surface area (Å²) in [5.41, 5.74) is 5.29. The van der Waals surface area contributed by atoms with Crippen molar-refractivity contribution in [3.05, 3.63) is 28.3 Å². The van der Waals surface area contributed by atoms with E-state index in [9.17, 15) is 10.1 Å². The number of nitrogens with two attached hydrogens (primary N) is 1. The van der Waals surface area contributed by atoms with Crippen LogP contribution in [0.25, 0.3) is 0 Å². The highest BCUT2D eigenvalue weighted by Gasteiger charge is 2.12. The number of nitro benzene ring substituents is 1. The summed E-state index contributed by atoms with van der Waals surface area (Å²) in [6.45, 7) is 1.65. The van der Waals surface area contributed by atoms with Crippen LogP contribution in [0.15, 0.2) is 18.2 Å². The van der Waals surface area contributed by atoms with Gasteiger partial charge in [-0.3, -0.25) is 10.1 Å². The largest absolute Gasteiger partial charge is 0.491 e. The second-order valence-corrected chi connectivity index (χ2v) is 3.14. The summed E-state index contributed by atoms with van der Waals surface area (Å²) in [6.07, 6.45) is -0.624. The van der Waals surface area contributed by atoms with Crippen molar-refractivity contribution in [1.82, 2.24) is 0 Å². The molecule has 1 rings (SSSR count). The number of hydrogen-bond donors (Lipinski definition) is 2. The molecule has 0 aliphatic carbocycles. The fraction of sp³-hybridized carbons (Fsp3) is 0.333. The maximum absolute atomic E-state index is 10.5. The normalized spacial score (nSPS) is 12.1. The number of nitrogens with zero attached hydrogens (tertiary/aromatic N) is 1. The predicted molar refractivity (Wildman–Crippen MR) is 54.7 cm³/mol. The van der Waals surface area contributed by atoms with Gasteiger partial charge in [-0.1, -0.05) is 0 Å². The van der Waals surface area contributed by atoms with E-state index < -0.39 is 11.0 Å². The summed E-state index contributed by atoms with van der Waals surface area (Å²) in [6, 6.07) is 4.15. The number of nitro groups is 1. The smallest absolute Gasteiger partial charge is 0.295 e. The average molecular weight is 212 g/mol. The SMILES string of the molecule is CC(O)COc1ccc(N)c([N+](=O)[O-])c1. The lowest BCUT2D eigenvalue weighted by molar-refractivity contribution is -0.384. The summed E-state index contributed by atoms with van der Waals surface area (Å²) in [4.78, 5) is 9.95. The fourth-order valence-electron chi connectivity index (χ4n) is 0.988. The van der Waals surface area contributed by atoms with Gasteiger partial charge < -0.3 is 15.6 Å². The molecule has 1 unspecified atom stereocenters. The number of ether oxygens (including phenoxy) is 1. The highest BCUT2D eigenvalue weighted by atomic mass is 16.6. The Hall–Kier alpha value is -1.82. The van der Waals surface area contributed by atoms with Crippen molar-refractivity contribution in [3.63, 3.8) is 0 Å². The Kier molecular flexibility index (Phi) is 3.46. The molecule has 0 radical (unpaired) electrons. The third-order valence-corrected chi connectivity index (χ3v) is 1.69. The fourth-order valence-corrected chi connectivity index (χ4v) is 0.988. The Morgan fingerprint density at radius 3 is 2.87 bits per heavy atom. The van der Waals surface area contributed by atoms with Gasteiger partial charge in [-0.2, -0.15) is 0 Å². The van der Waals surface area contributed by atoms with Crippen molar-refractivity contribution in [2.24, 2.45) is 0 Å². The van der Waals surface area contributed by atoms with E-state index in [4.69, 9.17) is 15.6 Å². The number of hydrogen-bond acceptors (Lipinski definition) is 5. The van der Waals surface area contributed by atoms with E-state index in [0.717, 1.165) is 0 Å². The predicted octanol–water partition coefficient (Wildman–Crippen LogP) is 0.937. The monoisotopic (exact) mass is 212 g/mol. The van der Waals surface area contributed by atoms with Crippen LogP contribution < -0.4 is 10.5 Å². The number of aliphatic hydroxyl groups excluding tert-OH is 1. The van der Waals surface area contributed by atoms with E-state index >= 15 is 0 Å². The first-order valence-corrected chi connectivity index (χ1v) is 4.35. The zero-order chi connectivity index (χ0) is 11.4. The number of aliphatic hydroxyl groups is 1. The van der Waals surface area contributed by atoms with Crippen molar-refractivity contribution >= 4 is 11.4 Å². The number of benzene rings is 1. The minimum Gasteiger partial charge on any atom is -0.491 e. The van der Waals surface area contributed by atoms with Crippen LogP contribution >= 0.6 is 0 Å². The van der Waals surface area contributed by atoms with Gasteiger partial charge in [0.2, 0.25) is 0 Å². The summed E-state index contributed by atoms with van der Waals surface area (Å²) in [5.74, 6) is 0.316. The molecule has 3 N–H and O–H groups in total. The average Bonchev–Trinajstić information content (AvgIpc) is 2.16. The topological polar surface area (TPSA) is 98.6 Å². The van der Waals surface area contributed by atoms with Gasteiger partial charge in [0.15, 0.2) is 0 Å². The Bertz CT molecular complexity index is 365. The molecular formula is C9H12N2O4. The molecular weight excluding hydrogens is 200 g/mol. The van der Waals surface area contributed by atoms with Crippen molar-refractivity contribution < 1.29 is 14.8 Å². The molecule has 0 aliphatic heterocycles. The van der Waals surface area contributed by atoms with Crippen LogP contribution in [0.5, 0.6) is 5.75 Å². The molecule has 0 saturated heterocycles. The molecule has 0 aliphatic rings. The van der Waals surface area contributed by atoms with Crippen LogP contribution in [0.3, 0.4) is 0 Å². The first kappa shape index (κ1) is 11.3. The first-order chi connectivity index (χ1) is 7.00. The minimum atomic E-state index is -0.624. The summed E-state index contributed by atoms with van der Waals surface area (Å²) in [7, 11) is 0. The molecule has 6 heteroatoms. The number of nitrogen functional groups attached to an aromatic ring is 1. The molecule has 82 valence electrons. The van der Waals surface area contributed by atoms with Gasteiger partial charge in [0.1, 0.15) is 18.0 Å². The van der Waals surface area contributed by atoms with Gasteiger partial charge in [-0.05, 0) is 19.1 Å². The highest BCUT2D eigenvalue weighted by Crippen LogP contribution is 2.26. The van der Waals surface area contributed by atoms with E-state index in [1.165, 1.54) is 18.2 Å². The van der Waals surface area contributed by atoms with Crippen LogP contribution in [-0.2, 0) is 0 Å². The van der Waals surface area contributed by atoms with Crippen LogP contribution in [-0.4, -0.2) is 22.7 Å². The standard InChI is InChI=1S/C9H12N2O4/c1-6(12)5-15-7-2-3-8(10)9(4-7)11(13)14/h2-4,6,12H,5,10H2,1H3. The first-order valence-electron chi connectivity index (χ1n) is 4.35. The molecule has 0 amide bonds. The molecule has 15 heavy (non-hydrogen) atoms. The van der Waals surface area contributed by atoms with Crippen LogP contribution in [0.2, 0.25) is 0 Å². The zero-order valence-electron chi connectivity index (χ0n) is 8.21. The Labute approximate surface area is 86.4 Å². The quantitative estimate of drug-likeness (QED) is 0.439. The molecule has 0 spiro atoms. The minimum absolute atomic E-state index is 0.0844. The lowest BCUT2D eigenvalue weighted by Gasteiger charge is -2.08. The lowest BCUT2D eigenvalue weighted by Crippen LogP contribution is -2.12. The molecule has 1 aromatic rings. The maximum atomic E-state index is 10.5. The molecule has 0 heterocycles. The third kappa shape index (κ3) is 3.10. The lowest BCUT2D eigenvalue weighted by atomic mass is 10.2. The highest BCUT2D eigenvalue weighted by molar-refractivity contribution is 5.60. The van der Waals surface area contributed by atoms with Gasteiger partial charge in [-0.25, -0.2) is 0 Å². The van der Waals surface area contributed by atoms with Crippen LogP contribution in [0, 0.1) is 10.1 Å². The van der Waals surface area contributed by atoms with Gasteiger partial charge >= 0.3 is 0 Å². The van der Waals surface area contributed by atoms with E-state index in [2.05, 4.69) is 0 Å². The summed E-state index contributed by atoms with van der Waals surface area (Å²) in [5, 5.41) is 19.5. The van der Waals surface area contributed by atoms with E-state index in [1.807, 2.05) is 0 Å². The van der Waals surface area contributed by atoms with Crippen molar-refractivity contribution in [3.8, 4) is 5.75 Å². The van der Waals surface area contributed by atoms with E-state index in [0.29, 0.717) is 5.75 Å². The van der Waals surface area contributed by atoms with E-state index in [1.54, 1.807) is 6.92 Å². The van der Waals surface area contributed by atoms with Crippen molar-refractivity contribution in [1.29, 1.82) is 0 Å². The third-order valence-electron chi connectivity index (χ3n) is 1.69. The zero-order valence-corrected chi connectivity index (χ0v) is 8.21. The molecule has 0 bridgehead atoms. The molecule has 6 nitrogen and oxygen atoms in total. The van der Waals surface area contributed by atoms with Gasteiger partial charge in [0, 0.05) is 0 Å². The van der Waals surface area contributed by atoms with E-state index in [-0.39, 0.29) is 18.0 Å². The van der Waals surface area contributed by atoms with Crippen LogP contribution in [0.4, 0.5) is 11.4 Å². The van der Waals surface area contributed by atoms with Gasteiger partial charge in [0.25, 0.3) is 5.69 Å². The number of anilines is 1. The molecule has 0 fully saturated rings. The Morgan fingerprint density at radius 2 is 2.33 bits per heavy atom.